The summed E-state index contributed by atoms with van der Waals surface area (Å²) in [6, 6.07) is 8.31. The van der Waals surface area contributed by atoms with Crippen molar-refractivity contribution in [3.8, 4) is 0 Å². The number of anilines is 1. The lowest BCUT2D eigenvalue weighted by atomic mass is 10.1. The fraction of sp³-hybridized carbons (Fsp3) is 0.375. The molecule has 0 unspecified atom stereocenters. The summed E-state index contributed by atoms with van der Waals surface area (Å²) < 4.78 is 6.81. The summed E-state index contributed by atoms with van der Waals surface area (Å²) in [7, 11) is 1.41. The fourth-order valence-electron chi connectivity index (χ4n) is 2.86. The minimum absolute atomic E-state index is 0.314. The number of hydrogen-bond acceptors (Lipinski definition) is 4. The number of hydrogen-bond donors (Lipinski definition) is 0. The molecule has 21 heavy (non-hydrogen) atoms. The number of esters is 1. The molecule has 1 aromatic carbocycles. The van der Waals surface area contributed by atoms with Crippen LogP contribution in [0, 0.1) is 13.8 Å². The Morgan fingerprint density at radius 3 is 2.76 bits per heavy atom. The Labute approximate surface area is 124 Å². The molecule has 0 atom stereocenters. The normalized spacial score (nSPS) is 13.4. The summed E-state index contributed by atoms with van der Waals surface area (Å²) in [5.74, 6) is 0.563. The standard InChI is InChI=1S/C16H19N3O2/c1-11-6-4-5-7-13(11)10-18-8-9-19-15(18)14(12(2)17-19)16(20)21-3/h4-7H,8-10H2,1-3H3. The van der Waals surface area contributed by atoms with Crippen LogP contribution < -0.4 is 4.90 Å². The number of rotatable bonds is 3. The van der Waals surface area contributed by atoms with E-state index in [4.69, 9.17) is 4.74 Å². The van der Waals surface area contributed by atoms with E-state index in [1.807, 2.05) is 23.7 Å². The highest BCUT2D eigenvalue weighted by Gasteiger charge is 2.30. The van der Waals surface area contributed by atoms with E-state index >= 15 is 0 Å². The monoisotopic (exact) mass is 285 g/mol. The number of ether oxygens (including phenoxy) is 1. The Morgan fingerprint density at radius 1 is 1.29 bits per heavy atom. The Morgan fingerprint density at radius 2 is 2.05 bits per heavy atom. The van der Waals surface area contributed by atoms with E-state index in [9.17, 15) is 4.79 Å². The molecular formula is C16H19N3O2. The van der Waals surface area contributed by atoms with Crippen molar-refractivity contribution in [1.29, 1.82) is 0 Å². The van der Waals surface area contributed by atoms with E-state index in [-0.39, 0.29) is 5.97 Å². The van der Waals surface area contributed by atoms with Crippen LogP contribution in [-0.2, 0) is 17.8 Å². The molecule has 0 amide bonds. The SMILES string of the molecule is COC(=O)c1c(C)nn2c1N(Cc1ccccc1C)CC2. The van der Waals surface area contributed by atoms with E-state index in [0.29, 0.717) is 5.56 Å². The third-order valence-electron chi connectivity index (χ3n) is 3.99. The predicted molar refractivity (Wildman–Crippen MR) is 80.5 cm³/mol. The third kappa shape index (κ3) is 2.28. The first kappa shape index (κ1) is 13.7. The molecule has 2 aromatic rings. The molecule has 0 spiro atoms. The van der Waals surface area contributed by atoms with Crippen LogP contribution in [0.25, 0.3) is 0 Å². The van der Waals surface area contributed by atoms with E-state index in [2.05, 4.69) is 29.1 Å². The zero-order valence-corrected chi connectivity index (χ0v) is 12.6. The summed E-state index contributed by atoms with van der Waals surface area (Å²) in [5.41, 5.74) is 3.84. The van der Waals surface area contributed by atoms with Crippen molar-refractivity contribution >= 4 is 11.8 Å². The van der Waals surface area contributed by atoms with Crippen LogP contribution in [0.1, 0.15) is 27.2 Å². The number of carbonyl (C=O) groups excluding carboxylic acids is 1. The average Bonchev–Trinajstić information content (AvgIpc) is 2.99. The van der Waals surface area contributed by atoms with Gasteiger partial charge in [-0.05, 0) is 25.0 Å². The highest BCUT2D eigenvalue weighted by Crippen LogP contribution is 2.30. The smallest absolute Gasteiger partial charge is 0.343 e. The second kappa shape index (κ2) is 5.24. The molecule has 2 heterocycles. The molecule has 3 rings (SSSR count). The maximum absolute atomic E-state index is 12.0. The van der Waals surface area contributed by atoms with Crippen LogP contribution in [-0.4, -0.2) is 29.4 Å². The van der Waals surface area contributed by atoms with Gasteiger partial charge in [-0.1, -0.05) is 24.3 Å². The second-order valence-corrected chi connectivity index (χ2v) is 5.35. The van der Waals surface area contributed by atoms with Gasteiger partial charge in [0.25, 0.3) is 0 Å². The summed E-state index contributed by atoms with van der Waals surface area (Å²) >= 11 is 0. The molecule has 0 aliphatic carbocycles. The zero-order valence-electron chi connectivity index (χ0n) is 12.6. The minimum atomic E-state index is -0.314. The van der Waals surface area contributed by atoms with Crippen molar-refractivity contribution in [2.24, 2.45) is 0 Å². The van der Waals surface area contributed by atoms with Crippen molar-refractivity contribution in [3.05, 3.63) is 46.6 Å². The van der Waals surface area contributed by atoms with E-state index < -0.39 is 0 Å². The van der Waals surface area contributed by atoms with Crippen molar-refractivity contribution in [2.45, 2.75) is 26.9 Å². The summed E-state index contributed by atoms with van der Waals surface area (Å²) in [6.07, 6.45) is 0. The van der Waals surface area contributed by atoms with Gasteiger partial charge < -0.3 is 9.64 Å². The van der Waals surface area contributed by atoms with Crippen LogP contribution in [0.5, 0.6) is 0 Å². The van der Waals surface area contributed by atoms with E-state index in [0.717, 1.165) is 31.1 Å². The third-order valence-corrected chi connectivity index (χ3v) is 3.99. The van der Waals surface area contributed by atoms with E-state index in [1.54, 1.807) is 0 Å². The molecule has 0 fully saturated rings. The lowest BCUT2D eigenvalue weighted by molar-refractivity contribution is 0.0600. The van der Waals surface area contributed by atoms with Gasteiger partial charge in [0, 0.05) is 13.1 Å². The maximum Gasteiger partial charge on any atom is 0.343 e. The van der Waals surface area contributed by atoms with E-state index in [1.165, 1.54) is 18.2 Å². The van der Waals surface area contributed by atoms with Crippen molar-refractivity contribution in [3.63, 3.8) is 0 Å². The largest absolute Gasteiger partial charge is 0.465 e. The lowest BCUT2D eigenvalue weighted by Gasteiger charge is -2.19. The van der Waals surface area contributed by atoms with Gasteiger partial charge in [-0.3, -0.25) is 0 Å². The number of aryl methyl sites for hydroxylation is 2. The van der Waals surface area contributed by atoms with Crippen LogP contribution >= 0.6 is 0 Å². The Kier molecular flexibility index (Phi) is 3.41. The molecule has 0 radical (unpaired) electrons. The van der Waals surface area contributed by atoms with Crippen LogP contribution in [0.4, 0.5) is 5.82 Å². The minimum Gasteiger partial charge on any atom is -0.465 e. The summed E-state index contributed by atoms with van der Waals surface area (Å²) in [5, 5.41) is 4.45. The van der Waals surface area contributed by atoms with Gasteiger partial charge >= 0.3 is 5.97 Å². The van der Waals surface area contributed by atoms with Gasteiger partial charge in [-0.2, -0.15) is 5.10 Å². The topological polar surface area (TPSA) is 47.4 Å². The van der Waals surface area contributed by atoms with Gasteiger partial charge in [0.1, 0.15) is 11.4 Å². The van der Waals surface area contributed by atoms with Crippen molar-refractivity contribution in [1.82, 2.24) is 9.78 Å². The number of fused-ring (bicyclic) bond motifs is 1. The quantitative estimate of drug-likeness (QED) is 0.812. The molecular weight excluding hydrogens is 266 g/mol. The first-order valence-electron chi connectivity index (χ1n) is 7.07. The highest BCUT2D eigenvalue weighted by atomic mass is 16.5. The number of methoxy groups -OCH3 is 1. The zero-order chi connectivity index (χ0) is 15.0. The average molecular weight is 285 g/mol. The van der Waals surface area contributed by atoms with Gasteiger partial charge in [0.15, 0.2) is 0 Å². The van der Waals surface area contributed by atoms with Crippen LogP contribution in [0.3, 0.4) is 0 Å². The molecule has 1 aromatic heterocycles. The Hall–Kier alpha value is -2.30. The number of aromatic nitrogens is 2. The molecule has 5 nitrogen and oxygen atoms in total. The maximum atomic E-state index is 12.0. The molecule has 0 saturated carbocycles. The first-order chi connectivity index (χ1) is 10.1. The van der Waals surface area contributed by atoms with Gasteiger partial charge in [0.05, 0.1) is 19.3 Å². The number of nitrogens with zero attached hydrogens (tertiary/aromatic N) is 3. The molecule has 5 heteroatoms. The van der Waals surface area contributed by atoms with Crippen LogP contribution in [0.2, 0.25) is 0 Å². The first-order valence-corrected chi connectivity index (χ1v) is 7.07. The summed E-state index contributed by atoms with van der Waals surface area (Å²) in [6.45, 7) is 6.40. The van der Waals surface area contributed by atoms with Gasteiger partial charge in [0.2, 0.25) is 0 Å². The van der Waals surface area contributed by atoms with Crippen LogP contribution in [0.15, 0.2) is 24.3 Å². The molecule has 1 aliphatic rings. The Balaban J connectivity index is 1.96. The van der Waals surface area contributed by atoms with Crippen molar-refractivity contribution in [2.75, 3.05) is 18.6 Å². The Bertz CT molecular complexity index is 691. The van der Waals surface area contributed by atoms with Gasteiger partial charge in [-0.15, -0.1) is 0 Å². The lowest BCUT2D eigenvalue weighted by Crippen LogP contribution is -2.22. The molecule has 110 valence electrons. The van der Waals surface area contributed by atoms with Crippen molar-refractivity contribution < 1.29 is 9.53 Å². The second-order valence-electron chi connectivity index (χ2n) is 5.35. The number of benzene rings is 1. The fourth-order valence-corrected chi connectivity index (χ4v) is 2.86. The molecule has 0 N–H and O–H groups in total. The summed E-state index contributed by atoms with van der Waals surface area (Å²) in [4.78, 5) is 14.2. The molecule has 1 aliphatic heterocycles. The van der Waals surface area contributed by atoms with Gasteiger partial charge in [-0.25, -0.2) is 9.48 Å². The molecule has 0 bridgehead atoms. The number of carbonyl (C=O) groups is 1. The predicted octanol–water partition coefficient (Wildman–Crippen LogP) is 2.31. The highest BCUT2D eigenvalue weighted by molar-refractivity contribution is 5.96. The molecule has 0 saturated heterocycles.